The fourth-order valence-electron chi connectivity index (χ4n) is 3.64. The summed E-state index contributed by atoms with van der Waals surface area (Å²) in [6, 6.07) is 6.80. The largest absolute Gasteiger partial charge is 0.490 e. The normalized spacial score (nSPS) is 24.8. The molecule has 0 aromatic heterocycles. The molecule has 5 nitrogen and oxygen atoms in total. The molecule has 2 heterocycles. The summed E-state index contributed by atoms with van der Waals surface area (Å²) in [6.07, 6.45) is 4.51. The summed E-state index contributed by atoms with van der Waals surface area (Å²) in [5, 5.41) is 6.77. The van der Waals surface area contributed by atoms with Crippen LogP contribution in [-0.4, -0.2) is 37.2 Å². The van der Waals surface area contributed by atoms with Crippen LogP contribution < -0.4 is 20.1 Å². The summed E-state index contributed by atoms with van der Waals surface area (Å²) in [6.45, 7) is 4.97. The van der Waals surface area contributed by atoms with E-state index in [1.807, 2.05) is 19.9 Å². The molecular formula is C18H27ClN2O3. The van der Waals surface area contributed by atoms with Crippen LogP contribution in [0.5, 0.6) is 11.5 Å². The number of hydrogen-bond acceptors (Lipinski definition) is 4. The van der Waals surface area contributed by atoms with Crippen molar-refractivity contribution in [1.82, 2.24) is 10.6 Å². The highest BCUT2D eigenvalue weighted by Gasteiger charge is 2.34. The molecule has 24 heavy (non-hydrogen) atoms. The van der Waals surface area contributed by atoms with E-state index in [4.69, 9.17) is 9.47 Å². The van der Waals surface area contributed by atoms with Gasteiger partial charge in [0.15, 0.2) is 11.5 Å². The van der Waals surface area contributed by atoms with Crippen molar-refractivity contribution in [3.63, 3.8) is 0 Å². The molecule has 2 aliphatic rings. The predicted molar refractivity (Wildman–Crippen MR) is 96.5 cm³/mol. The Morgan fingerprint density at radius 3 is 2.38 bits per heavy atom. The Kier molecular flexibility index (Phi) is 6.75. The maximum absolute atomic E-state index is 12.5. The fourth-order valence-corrected chi connectivity index (χ4v) is 3.64. The second-order valence-corrected chi connectivity index (χ2v) is 6.31. The third-order valence-corrected chi connectivity index (χ3v) is 4.61. The van der Waals surface area contributed by atoms with E-state index in [-0.39, 0.29) is 24.4 Å². The molecular weight excluding hydrogens is 328 g/mol. The van der Waals surface area contributed by atoms with E-state index in [2.05, 4.69) is 10.6 Å². The van der Waals surface area contributed by atoms with Gasteiger partial charge in [-0.25, -0.2) is 0 Å². The summed E-state index contributed by atoms with van der Waals surface area (Å²) in [7, 11) is 0. The van der Waals surface area contributed by atoms with Crippen LogP contribution >= 0.6 is 12.4 Å². The van der Waals surface area contributed by atoms with Crippen LogP contribution in [0.25, 0.3) is 0 Å². The molecule has 134 valence electrons. The van der Waals surface area contributed by atoms with E-state index >= 15 is 0 Å². The minimum absolute atomic E-state index is 0. The Morgan fingerprint density at radius 2 is 1.75 bits per heavy atom. The van der Waals surface area contributed by atoms with Gasteiger partial charge in [0, 0.05) is 23.7 Å². The highest BCUT2D eigenvalue weighted by molar-refractivity contribution is 5.95. The van der Waals surface area contributed by atoms with Crippen LogP contribution in [0.1, 0.15) is 49.9 Å². The summed E-state index contributed by atoms with van der Waals surface area (Å²) >= 11 is 0. The van der Waals surface area contributed by atoms with Crippen LogP contribution in [0, 0.1) is 0 Å². The second kappa shape index (κ2) is 8.58. The minimum Gasteiger partial charge on any atom is -0.490 e. The van der Waals surface area contributed by atoms with Gasteiger partial charge in [-0.3, -0.25) is 4.79 Å². The molecule has 2 N–H and O–H groups in total. The molecule has 2 atom stereocenters. The van der Waals surface area contributed by atoms with Gasteiger partial charge in [-0.15, -0.1) is 12.4 Å². The van der Waals surface area contributed by atoms with E-state index in [0.717, 1.165) is 12.8 Å². The van der Waals surface area contributed by atoms with Crippen molar-refractivity contribution in [3.05, 3.63) is 23.8 Å². The molecule has 1 aromatic carbocycles. The molecule has 0 saturated carbocycles. The summed E-state index contributed by atoms with van der Waals surface area (Å²) in [5.74, 6) is 1.29. The first-order valence-electron chi connectivity index (χ1n) is 8.66. The second-order valence-electron chi connectivity index (χ2n) is 6.31. The molecule has 0 spiro atoms. The maximum atomic E-state index is 12.5. The maximum Gasteiger partial charge on any atom is 0.251 e. The van der Waals surface area contributed by atoms with Crippen molar-refractivity contribution in [2.75, 3.05) is 13.2 Å². The summed E-state index contributed by atoms with van der Waals surface area (Å²) in [4.78, 5) is 12.5. The average Bonchev–Trinajstić information content (AvgIpc) is 2.88. The molecule has 1 amide bonds. The molecule has 2 saturated heterocycles. The zero-order valence-corrected chi connectivity index (χ0v) is 15.2. The van der Waals surface area contributed by atoms with Crippen molar-refractivity contribution in [3.8, 4) is 11.5 Å². The molecule has 2 bridgehead atoms. The third kappa shape index (κ3) is 4.33. The summed E-state index contributed by atoms with van der Waals surface area (Å²) in [5.41, 5.74) is 0.628. The number of amides is 1. The minimum atomic E-state index is -0.0275. The SMILES string of the molecule is CCOc1ccc(C(=O)NC2CC3CCC(C2)N3)cc1OCC.Cl. The van der Waals surface area contributed by atoms with Gasteiger partial charge in [0.1, 0.15) is 0 Å². The van der Waals surface area contributed by atoms with Gasteiger partial charge in [-0.2, -0.15) is 0 Å². The standard InChI is InChI=1S/C18H26N2O3.ClH/c1-3-22-16-8-5-12(9-17(16)23-4-2)18(21)20-15-10-13-6-7-14(11-15)19-13;/h5,8-9,13-15,19H,3-4,6-7,10-11H2,1-2H3,(H,20,21);1H. The van der Waals surface area contributed by atoms with Crippen LogP contribution in [-0.2, 0) is 0 Å². The molecule has 3 rings (SSSR count). The number of rotatable bonds is 6. The molecule has 2 unspecified atom stereocenters. The van der Waals surface area contributed by atoms with Crippen LogP contribution in [0.15, 0.2) is 18.2 Å². The van der Waals surface area contributed by atoms with E-state index in [1.54, 1.807) is 12.1 Å². The molecule has 0 aliphatic carbocycles. The molecule has 2 fully saturated rings. The molecule has 1 aromatic rings. The Labute approximate surface area is 149 Å². The van der Waals surface area contributed by atoms with Gasteiger partial charge >= 0.3 is 0 Å². The van der Waals surface area contributed by atoms with Gasteiger partial charge < -0.3 is 20.1 Å². The molecule has 6 heteroatoms. The van der Waals surface area contributed by atoms with Gasteiger partial charge in [-0.05, 0) is 57.7 Å². The van der Waals surface area contributed by atoms with Gasteiger partial charge in [0.25, 0.3) is 5.91 Å². The number of carbonyl (C=O) groups excluding carboxylic acids is 1. The van der Waals surface area contributed by atoms with Gasteiger partial charge in [0.05, 0.1) is 13.2 Å². The summed E-state index contributed by atoms with van der Waals surface area (Å²) < 4.78 is 11.1. The number of fused-ring (bicyclic) bond motifs is 2. The topological polar surface area (TPSA) is 59.6 Å². The highest BCUT2D eigenvalue weighted by Crippen LogP contribution is 2.30. The monoisotopic (exact) mass is 354 g/mol. The number of carbonyl (C=O) groups is 1. The highest BCUT2D eigenvalue weighted by atomic mass is 35.5. The number of ether oxygens (including phenoxy) is 2. The number of nitrogens with one attached hydrogen (secondary N) is 2. The van der Waals surface area contributed by atoms with E-state index in [1.165, 1.54) is 12.8 Å². The van der Waals surface area contributed by atoms with Crippen LogP contribution in [0.4, 0.5) is 0 Å². The van der Waals surface area contributed by atoms with Gasteiger partial charge in [0.2, 0.25) is 0 Å². The lowest BCUT2D eigenvalue weighted by Gasteiger charge is -2.29. The average molecular weight is 355 g/mol. The third-order valence-electron chi connectivity index (χ3n) is 4.61. The smallest absolute Gasteiger partial charge is 0.251 e. The van der Waals surface area contributed by atoms with E-state index < -0.39 is 0 Å². The van der Waals surface area contributed by atoms with E-state index in [9.17, 15) is 4.79 Å². The van der Waals surface area contributed by atoms with Gasteiger partial charge in [-0.1, -0.05) is 0 Å². The first-order valence-corrected chi connectivity index (χ1v) is 8.66. The molecule has 2 aliphatic heterocycles. The Bertz CT molecular complexity index is 555. The quantitative estimate of drug-likeness (QED) is 0.824. The number of halogens is 1. The van der Waals surface area contributed by atoms with Crippen molar-refractivity contribution in [2.24, 2.45) is 0 Å². The Morgan fingerprint density at radius 1 is 1.12 bits per heavy atom. The molecule has 0 radical (unpaired) electrons. The lowest BCUT2D eigenvalue weighted by molar-refractivity contribution is 0.0923. The van der Waals surface area contributed by atoms with Crippen molar-refractivity contribution in [2.45, 2.75) is 57.7 Å². The zero-order valence-electron chi connectivity index (χ0n) is 14.3. The first-order chi connectivity index (χ1) is 11.2. The van der Waals surface area contributed by atoms with Crippen LogP contribution in [0.2, 0.25) is 0 Å². The fraction of sp³-hybridized carbons (Fsp3) is 0.611. The van der Waals surface area contributed by atoms with Crippen molar-refractivity contribution >= 4 is 18.3 Å². The number of piperidine rings is 1. The van der Waals surface area contributed by atoms with E-state index in [0.29, 0.717) is 42.4 Å². The Balaban J connectivity index is 0.00000208. The Hall–Kier alpha value is -1.46. The predicted octanol–water partition coefficient (Wildman–Crippen LogP) is 2.92. The number of benzene rings is 1. The first kappa shape index (κ1) is 18.9. The lowest BCUT2D eigenvalue weighted by Crippen LogP contribution is -2.48. The zero-order chi connectivity index (χ0) is 16.2. The van der Waals surface area contributed by atoms with Crippen molar-refractivity contribution in [1.29, 1.82) is 0 Å². The number of hydrogen-bond donors (Lipinski definition) is 2. The van der Waals surface area contributed by atoms with Crippen LogP contribution in [0.3, 0.4) is 0 Å². The van der Waals surface area contributed by atoms with Crippen molar-refractivity contribution < 1.29 is 14.3 Å². The lowest BCUT2D eigenvalue weighted by atomic mass is 9.99.